The molecule has 1 atom stereocenters. The van der Waals surface area contributed by atoms with Crippen LogP contribution >= 0.6 is 0 Å². The Labute approximate surface area is 247 Å². The fourth-order valence-corrected chi connectivity index (χ4v) is 5.62. The first-order chi connectivity index (χ1) is 19.7. The van der Waals surface area contributed by atoms with Crippen molar-refractivity contribution in [3.05, 3.63) is 83.7 Å². The highest BCUT2D eigenvalue weighted by Crippen LogP contribution is 2.32. The van der Waals surface area contributed by atoms with Crippen LogP contribution in [0.4, 0.5) is 10.1 Å². The lowest BCUT2D eigenvalue weighted by Crippen LogP contribution is -2.54. The van der Waals surface area contributed by atoms with Gasteiger partial charge in [-0.1, -0.05) is 29.8 Å². The number of hydrogen-bond donors (Lipinski definition) is 1. The second-order valence-electron chi connectivity index (χ2n) is 10.9. The quantitative estimate of drug-likeness (QED) is 0.343. The van der Waals surface area contributed by atoms with Crippen molar-refractivity contribution in [2.24, 2.45) is 0 Å². The molecule has 0 aromatic heterocycles. The van der Waals surface area contributed by atoms with Gasteiger partial charge in [0.1, 0.15) is 18.4 Å². The van der Waals surface area contributed by atoms with E-state index in [4.69, 9.17) is 9.47 Å². The van der Waals surface area contributed by atoms with Crippen molar-refractivity contribution in [2.75, 3.05) is 25.1 Å². The van der Waals surface area contributed by atoms with Crippen molar-refractivity contribution in [2.45, 2.75) is 57.6 Å². The predicted octanol–water partition coefficient (Wildman–Crippen LogP) is 4.68. The van der Waals surface area contributed by atoms with E-state index < -0.39 is 39.9 Å². The van der Waals surface area contributed by atoms with E-state index in [0.717, 1.165) is 27.6 Å². The maximum Gasteiger partial charge on any atom is 0.264 e. The molecule has 2 amide bonds. The SMILES string of the molecule is COc1ccc(S(=O)(=O)N(CC(=O)N(Cc2ccc(C)cc2)[C@@H](C)C(=O)NC(C)(C)C)c2ccc(F)cc2)cc1OC. The smallest absolute Gasteiger partial charge is 0.264 e. The molecule has 0 aliphatic heterocycles. The Kier molecular flexibility index (Phi) is 10.2. The predicted molar refractivity (Wildman–Crippen MR) is 160 cm³/mol. The Morgan fingerprint density at radius 1 is 0.929 bits per heavy atom. The number of sulfonamides is 1. The van der Waals surface area contributed by atoms with Gasteiger partial charge in [-0.05, 0) is 76.6 Å². The van der Waals surface area contributed by atoms with E-state index in [1.807, 2.05) is 52.0 Å². The van der Waals surface area contributed by atoms with Gasteiger partial charge in [-0.2, -0.15) is 0 Å². The summed E-state index contributed by atoms with van der Waals surface area (Å²) in [5, 5.41) is 2.89. The second-order valence-corrected chi connectivity index (χ2v) is 12.8. The molecule has 0 fully saturated rings. The molecule has 226 valence electrons. The summed E-state index contributed by atoms with van der Waals surface area (Å²) in [6, 6.07) is 15.4. The number of benzene rings is 3. The third-order valence-corrected chi connectivity index (χ3v) is 8.25. The van der Waals surface area contributed by atoms with E-state index >= 15 is 0 Å². The van der Waals surface area contributed by atoms with Crippen LogP contribution < -0.4 is 19.1 Å². The standard InChI is InChI=1S/C31H38FN3O6S/c1-21-8-10-23(11-9-21)19-34(22(2)30(37)33-31(3,4)5)29(36)20-35(25-14-12-24(32)13-15-25)42(38,39)26-16-17-27(40-6)28(18-26)41-7/h8-18,22H,19-20H2,1-7H3,(H,33,37)/t22-/m0/s1. The number of nitrogens with zero attached hydrogens (tertiary/aromatic N) is 2. The molecule has 3 rings (SSSR count). The van der Waals surface area contributed by atoms with E-state index in [2.05, 4.69) is 5.32 Å². The summed E-state index contributed by atoms with van der Waals surface area (Å²) < 4.78 is 53.3. The topological polar surface area (TPSA) is 105 Å². The number of aryl methyl sites for hydroxylation is 1. The van der Waals surface area contributed by atoms with Crippen LogP contribution in [0.25, 0.3) is 0 Å². The first-order valence-corrected chi connectivity index (χ1v) is 14.8. The molecule has 0 aliphatic rings. The number of rotatable bonds is 11. The van der Waals surface area contributed by atoms with Crippen LogP contribution in [0.3, 0.4) is 0 Å². The van der Waals surface area contributed by atoms with Crippen molar-refractivity contribution < 1.29 is 31.9 Å². The summed E-state index contributed by atoms with van der Waals surface area (Å²) >= 11 is 0. The largest absolute Gasteiger partial charge is 0.493 e. The summed E-state index contributed by atoms with van der Waals surface area (Å²) in [6.45, 7) is 8.43. The van der Waals surface area contributed by atoms with Gasteiger partial charge in [0.05, 0.1) is 24.8 Å². The third-order valence-electron chi connectivity index (χ3n) is 6.48. The minimum absolute atomic E-state index is 0.0610. The highest BCUT2D eigenvalue weighted by Gasteiger charge is 2.33. The maximum absolute atomic E-state index is 14.0. The highest BCUT2D eigenvalue weighted by molar-refractivity contribution is 7.92. The van der Waals surface area contributed by atoms with Crippen molar-refractivity contribution in [3.63, 3.8) is 0 Å². The van der Waals surface area contributed by atoms with Crippen LogP contribution in [0.5, 0.6) is 11.5 Å². The highest BCUT2D eigenvalue weighted by atomic mass is 32.2. The van der Waals surface area contributed by atoms with Gasteiger partial charge in [0, 0.05) is 18.2 Å². The van der Waals surface area contributed by atoms with Gasteiger partial charge < -0.3 is 19.7 Å². The fourth-order valence-electron chi connectivity index (χ4n) is 4.19. The molecule has 0 saturated heterocycles. The monoisotopic (exact) mass is 599 g/mol. The van der Waals surface area contributed by atoms with Crippen LogP contribution in [0.15, 0.2) is 71.6 Å². The van der Waals surface area contributed by atoms with Crippen LogP contribution in [0.1, 0.15) is 38.8 Å². The van der Waals surface area contributed by atoms with Gasteiger partial charge in [-0.3, -0.25) is 13.9 Å². The number of methoxy groups -OCH3 is 2. The van der Waals surface area contributed by atoms with Crippen molar-refractivity contribution >= 4 is 27.5 Å². The number of carbonyl (C=O) groups excluding carboxylic acids is 2. The van der Waals surface area contributed by atoms with Gasteiger partial charge in [0.25, 0.3) is 10.0 Å². The Bertz CT molecular complexity index is 1500. The number of carbonyl (C=O) groups is 2. The summed E-state index contributed by atoms with van der Waals surface area (Å²) in [4.78, 5) is 28.4. The van der Waals surface area contributed by atoms with Crippen LogP contribution in [0.2, 0.25) is 0 Å². The number of nitrogens with one attached hydrogen (secondary N) is 1. The molecule has 9 nitrogen and oxygen atoms in total. The molecule has 3 aromatic rings. The lowest BCUT2D eigenvalue weighted by Gasteiger charge is -2.33. The molecular formula is C31H38FN3O6S. The van der Waals surface area contributed by atoms with Gasteiger partial charge in [0.15, 0.2) is 11.5 Å². The summed E-state index contributed by atoms with van der Waals surface area (Å²) in [5.74, 6) is -1.08. The van der Waals surface area contributed by atoms with E-state index in [-0.39, 0.29) is 28.8 Å². The Balaban J connectivity index is 2.07. The van der Waals surface area contributed by atoms with E-state index in [1.165, 1.54) is 49.5 Å². The zero-order chi connectivity index (χ0) is 31.2. The minimum atomic E-state index is -4.38. The Hall–Kier alpha value is -4.12. The molecule has 42 heavy (non-hydrogen) atoms. The molecule has 0 saturated carbocycles. The number of amides is 2. The lowest BCUT2D eigenvalue weighted by molar-refractivity contribution is -0.140. The van der Waals surface area contributed by atoms with Gasteiger partial charge in [0.2, 0.25) is 11.8 Å². The first-order valence-electron chi connectivity index (χ1n) is 13.3. The van der Waals surface area contributed by atoms with E-state index in [0.29, 0.717) is 5.75 Å². The van der Waals surface area contributed by atoms with Gasteiger partial charge in [-0.15, -0.1) is 0 Å². The second kappa shape index (κ2) is 13.2. The third kappa shape index (κ3) is 8.00. The zero-order valence-corrected chi connectivity index (χ0v) is 25.8. The lowest BCUT2D eigenvalue weighted by atomic mass is 10.1. The number of anilines is 1. The summed E-state index contributed by atoms with van der Waals surface area (Å²) in [7, 11) is -1.58. The number of halogens is 1. The molecule has 0 radical (unpaired) electrons. The van der Waals surface area contributed by atoms with E-state index in [9.17, 15) is 22.4 Å². The molecule has 3 aromatic carbocycles. The molecule has 0 bridgehead atoms. The fraction of sp³-hybridized carbons (Fsp3) is 0.355. The van der Waals surface area contributed by atoms with Crippen molar-refractivity contribution in [1.29, 1.82) is 0 Å². The summed E-state index contributed by atoms with van der Waals surface area (Å²) in [6.07, 6.45) is 0. The maximum atomic E-state index is 14.0. The summed E-state index contributed by atoms with van der Waals surface area (Å²) in [5.41, 5.74) is 1.31. The average molecular weight is 600 g/mol. The van der Waals surface area contributed by atoms with Gasteiger partial charge >= 0.3 is 0 Å². The average Bonchev–Trinajstić information content (AvgIpc) is 2.94. The molecule has 1 N–H and O–H groups in total. The van der Waals surface area contributed by atoms with Crippen molar-refractivity contribution in [3.8, 4) is 11.5 Å². The number of hydrogen-bond acceptors (Lipinski definition) is 6. The molecule has 0 unspecified atom stereocenters. The molecule has 0 spiro atoms. The molecule has 11 heteroatoms. The minimum Gasteiger partial charge on any atom is -0.493 e. The first kappa shape index (κ1) is 32.4. The number of ether oxygens (including phenoxy) is 2. The molecular weight excluding hydrogens is 561 g/mol. The Morgan fingerprint density at radius 3 is 2.07 bits per heavy atom. The van der Waals surface area contributed by atoms with Crippen LogP contribution in [0, 0.1) is 12.7 Å². The Morgan fingerprint density at radius 2 is 1.52 bits per heavy atom. The van der Waals surface area contributed by atoms with Crippen LogP contribution in [-0.4, -0.2) is 57.5 Å². The van der Waals surface area contributed by atoms with Crippen LogP contribution in [-0.2, 0) is 26.2 Å². The van der Waals surface area contributed by atoms with Gasteiger partial charge in [-0.25, -0.2) is 12.8 Å². The van der Waals surface area contributed by atoms with E-state index in [1.54, 1.807) is 6.92 Å². The zero-order valence-electron chi connectivity index (χ0n) is 25.0. The normalized spacial score (nSPS) is 12.3. The molecule has 0 aliphatic carbocycles. The molecule has 0 heterocycles. The van der Waals surface area contributed by atoms with Crippen molar-refractivity contribution in [1.82, 2.24) is 10.2 Å².